The Morgan fingerprint density at radius 2 is 1.95 bits per heavy atom. The van der Waals surface area contributed by atoms with Crippen LogP contribution in [0, 0.1) is 5.41 Å². The Hall–Kier alpha value is -2.05. The van der Waals surface area contributed by atoms with E-state index >= 15 is 0 Å². The second kappa shape index (κ2) is 5.73. The number of hydrogen-bond donors (Lipinski definition) is 2. The molecule has 1 aliphatic rings. The third kappa shape index (κ3) is 3.46. The Balaban J connectivity index is 2.22. The minimum Gasteiger partial charge on any atom is -0.481 e. The van der Waals surface area contributed by atoms with Gasteiger partial charge in [-0.2, -0.15) is 9.97 Å². The molecule has 1 fully saturated rings. The van der Waals surface area contributed by atoms with Crippen molar-refractivity contribution in [3.8, 4) is 11.8 Å². The van der Waals surface area contributed by atoms with Crippen LogP contribution in [0.2, 0.25) is 0 Å². The Morgan fingerprint density at radius 3 is 2.37 bits per heavy atom. The highest BCUT2D eigenvalue weighted by molar-refractivity contribution is 5.77. The van der Waals surface area contributed by atoms with Crippen LogP contribution >= 0.6 is 0 Å². The highest BCUT2D eigenvalue weighted by Crippen LogP contribution is 2.31. The maximum atomic E-state index is 7.33. The summed E-state index contributed by atoms with van der Waals surface area (Å²) < 4.78 is 10.3. The van der Waals surface area contributed by atoms with Crippen LogP contribution < -0.4 is 20.1 Å². The van der Waals surface area contributed by atoms with Gasteiger partial charge in [0.05, 0.1) is 26.1 Å². The van der Waals surface area contributed by atoms with Crippen molar-refractivity contribution < 1.29 is 9.47 Å². The average Bonchev–Trinajstić information content (AvgIpc) is 3.22. The van der Waals surface area contributed by atoms with E-state index in [2.05, 4.69) is 14.9 Å². The molecule has 19 heavy (non-hydrogen) atoms. The van der Waals surface area contributed by atoms with E-state index in [0.717, 1.165) is 12.8 Å². The third-order valence-electron chi connectivity index (χ3n) is 2.95. The number of rotatable bonds is 7. The van der Waals surface area contributed by atoms with Gasteiger partial charge in [-0.15, -0.1) is 0 Å². The van der Waals surface area contributed by atoms with Crippen LogP contribution in [0.15, 0.2) is 6.07 Å². The van der Waals surface area contributed by atoms with Crippen molar-refractivity contribution in [2.75, 3.05) is 25.7 Å². The van der Waals surface area contributed by atoms with Crippen molar-refractivity contribution in [2.24, 2.45) is 5.73 Å². The molecular formula is C12H19N5O2. The van der Waals surface area contributed by atoms with E-state index in [1.807, 2.05) is 0 Å². The normalized spacial score (nSPS) is 14.0. The molecule has 0 bridgehead atoms. The van der Waals surface area contributed by atoms with Crippen molar-refractivity contribution in [1.29, 1.82) is 5.41 Å². The van der Waals surface area contributed by atoms with Crippen LogP contribution in [-0.4, -0.2) is 42.6 Å². The lowest BCUT2D eigenvalue weighted by atomic mass is 10.3. The molecule has 7 nitrogen and oxygen atoms in total. The van der Waals surface area contributed by atoms with E-state index in [9.17, 15) is 0 Å². The molecule has 1 heterocycles. The Kier molecular flexibility index (Phi) is 4.03. The lowest BCUT2D eigenvalue weighted by Crippen LogP contribution is -2.31. The molecule has 1 saturated carbocycles. The fourth-order valence-electron chi connectivity index (χ4n) is 1.80. The number of nitrogens with zero attached hydrogens (tertiary/aromatic N) is 3. The molecule has 0 saturated heterocycles. The van der Waals surface area contributed by atoms with Gasteiger partial charge in [0.1, 0.15) is 0 Å². The van der Waals surface area contributed by atoms with Gasteiger partial charge in [-0.25, -0.2) is 0 Å². The number of aromatic nitrogens is 2. The third-order valence-corrected chi connectivity index (χ3v) is 2.95. The molecule has 7 heteroatoms. The summed E-state index contributed by atoms with van der Waals surface area (Å²) >= 11 is 0. The maximum absolute atomic E-state index is 7.33. The van der Waals surface area contributed by atoms with Crippen molar-refractivity contribution in [1.82, 2.24) is 9.97 Å². The number of nitrogens with one attached hydrogen (secondary N) is 1. The summed E-state index contributed by atoms with van der Waals surface area (Å²) in [6, 6.07) is 2.07. The average molecular weight is 265 g/mol. The monoisotopic (exact) mass is 265 g/mol. The molecule has 0 radical (unpaired) electrons. The van der Waals surface area contributed by atoms with E-state index in [0.29, 0.717) is 36.7 Å². The van der Waals surface area contributed by atoms with Crippen LogP contribution in [0.1, 0.15) is 19.3 Å². The number of hydrogen-bond acceptors (Lipinski definition) is 6. The molecule has 0 aliphatic heterocycles. The summed E-state index contributed by atoms with van der Waals surface area (Å²) in [5, 5.41) is 7.33. The SMILES string of the molecule is COc1cc(OC)nc(N(CCC(=N)N)C2CC2)n1. The molecule has 1 aliphatic carbocycles. The van der Waals surface area contributed by atoms with Gasteiger partial charge in [0.2, 0.25) is 17.7 Å². The first-order chi connectivity index (χ1) is 9.13. The van der Waals surface area contributed by atoms with Gasteiger partial charge < -0.3 is 20.1 Å². The minimum absolute atomic E-state index is 0.167. The lowest BCUT2D eigenvalue weighted by Gasteiger charge is -2.22. The van der Waals surface area contributed by atoms with Gasteiger partial charge in [0.15, 0.2) is 0 Å². The van der Waals surface area contributed by atoms with Crippen LogP contribution in [0.5, 0.6) is 11.8 Å². The predicted octanol–water partition coefficient (Wildman–Crippen LogP) is 0.789. The predicted molar refractivity (Wildman–Crippen MR) is 72.0 cm³/mol. The van der Waals surface area contributed by atoms with E-state index in [-0.39, 0.29) is 5.84 Å². The molecular weight excluding hydrogens is 246 g/mol. The van der Waals surface area contributed by atoms with Gasteiger partial charge in [-0.1, -0.05) is 0 Å². The Morgan fingerprint density at radius 1 is 1.37 bits per heavy atom. The Labute approximate surface area is 112 Å². The van der Waals surface area contributed by atoms with Gasteiger partial charge in [-0.3, -0.25) is 5.41 Å². The van der Waals surface area contributed by atoms with Gasteiger partial charge >= 0.3 is 0 Å². The van der Waals surface area contributed by atoms with Crippen LogP contribution in [0.3, 0.4) is 0 Å². The van der Waals surface area contributed by atoms with E-state index in [4.69, 9.17) is 20.6 Å². The Bertz CT molecular complexity index is 439. The zero-order valence-corrected chi connectivity index (χ0v) is 11.2. The zero-order chi connectivity index (χ0) is 13.8. The van der Waals surface area contributed by atoms with Crippen LogP contribution in [-0.2, 0) is 0 Å². The van der Waals surface area contributed by atoms with Gasteiger partial charge in [0.25, 0.3) is 0 Å². The van der Waals surface area contributed by atoms with Crippen LogP contribution in [0.25, 0.3) is 0 Å². The largest absolute Gasteiger partial charge is 0.481 e. The fraction of sp³-hybridized carbons (Fsp3) is 0.583. The first-order valence-electron chi connectivity index (χ1n) is 6.20. The van der Waals surface area contributed by atoms with Crippen molar-refractivity contribution >= 4 is 11.8 Å². The summed E-state index contributed by atoms with van der Waals surface area (Å²) in [7, 11) is 3.12. The maximum Gasteiger partial charge on any atom is 0.232 e. The second-order valence-electron chi connectivity index (χ2n) is 4.45. The highest BCUT2D eigenvalue weighted by atomic mass is 16.5. The number of methoxy groups -OCH3 is 2. The summed E-state index contributed by atoms with van der Waals surface area (Å²) in [5.74, 6) is 1.67. The number of anilines is 1. The van der Waals surface area contributed by atoms with E-state index in [1.165, 1.54) is 0 Å². The van der Waals surface area contributed by atoms with Gasteiger partial charge in [0, 0.05) is 19.0 Å². The standard InChI is InChI=1S/C12H19N5O2/c1-18-10-7-11(19-2)16-12(15-10)17(8-3-4-8)6-5-9(13)14/h7-8H,3-6H2,1-2H3,(H3,13,14). The topological polar surface area (TPSA) is 97.4 Å². The number of amidine groups is 1. The summed E-state index contributed by atoms with van der Waals surface area (Å²) in [6.07, 6.45) is 2.72. The molecule has 0 unspecified atom stereocenters. The fourth-order valence-corrected chi connectivity index (χ4v) is 1.80. The first kappa shape index (κ1) is 13.4. The number of ether oxygens (including phenoxy) is 2. The summed E-state index contributed by atoms with van der Waals surface area (Å²) in [6.45, 7) is 0.635. The molecule has 0 spiro atoms. The first-order valence-corrected chi connectivity index (χ1v) is 6.20. The molecule has 3 N–H and O–H groups in total. The zero-order valence-electron chi connectivity index (χ0n) is 11.2. The highest BCUT2D eigenvalue weighted by Gasteiger charge is 2.31. The smallest absolute Gasteiger partial charge is 0.232 e. The molecule has 0 atom stereocenters. The van der Waals surface area contributed by atoms with Crippen LogP contribution in [0.4, 0.5) is 5.95 Å². The van der Waals surface area contributed by atoms with Crippen molar-refractivity contribution in [3.05, 3.63) is 6.07 Å². The molecule has 1 aromatic rings. The van der Waals surface area contributed by atoms with Crippen molar-refractivity contribution in [2.45, 2.75) is 25.3 Å². The summed E-state index contributed by atoms with van der Waals surface area (Å²) in [5.41, 5.74) is 5.42. The number of nitrogens with two attached hydrogens (primary N) is 1. The minimum atomic E-state index is 0.167. The van der Waals surface area contributed by atoms with Crippen molar-refractivity contribution in [3.63, 3.8) is 0 Å². The molecule has 2 rings (SSSR count). The van der Waals surface area contributed by atoms with E-state index < -0.39 is 0 Å². The molecule has 1 aromatic heterocycles. The summed E-state index contributed by atoms with van der Waals surface area (Å²) in [4.78, 5) is 10.7. The molecule has 0 amide bonds. The van der Waals surface area contributed by atoms with Gasteiger partial charge in [-0.05, 0) is 12.8 Å². The second-order valence-corrected chi connectivity index (χ2v) is 4.45. The quantitative estimate of drug-likeness (QED) is 0.558. The van der Waals surface area contributed by atoms with E-state index in [1.54, 1.807) is 20.3 Å². The lowest BCUT2D eigenvalue weighted by molar-refractivity contribution is 0.371. The molecule has 0 aromatic carbocycles. The molecule has 104 valence electrons.